The Kier molecular flexibility index (Phi) is 3.45. The van der Waals surface area contributed by atoms with Crippen molar-refractivity contribution >= 4 is 11.8 Å². The Labute approximate surface area is 82.5 Å². The van der Waals surface area contributed by atoms with Crippen LogP contribution in [0.3, 0.4) is 0 Å². The van der Waals surface area contributed by atoms with E-state index in [1.807, 2.05) is 6.92 Å². The van der Waals surface area contributed by atoms with Crippen molar-refractivity contribution in [1.82, 2.24) is 4.90 Å². The SMILES string of the molecule is CC/C=C(\O)CCN1C(=O)C=CC1=O. The standard InChI is InChI=1S/C10H13NO3/c1-2-3-8(12)6-7-11-9(13)4-5-10(11)14/h3-5,12H,2,6-7H2,1H3/b8-3-. The van der Waals surface area contributed by atoms with E-state index in [1.165, 1.54) is 12.2 Å². The first-order valence-electron chi connectivity index (χ1n) is 4.56. The summed E-state index contributed by atoms with van der Waals surface area (Å²) in [6.07, 6.45) is 5.21. The molecule has 0 aromatic rings. The average Bonchev–Trinajstić information content (AvgIpc) is 2.44. The largest absolute Gasteiger partial charge is 0.513 e. The number of carbonyl (C=O) groups is 2. The third-order valence-electron chi connectivity index (χ3n) is 1.93. The molecule has 1 aliphatic rings. The maximum Gasteiger partial charge on any atom is 0.253 e. The minimum atomic E-state index is -0.306. The number of hydrogen-bond donors (Lipinski definition) is 1. The summed E-state index contributed by atoms with van der Waals surface area (Å²) in [4.78, 5) is 23.3. The summed E-state index contributed by atoms with van der Waals surface area (Å²) < 4.78 is 0. The average molecular weight is 195 g/mol. The number of allylic oxidation sites excluding steroid dienone is 1. The molecule has 0 unspecified atom stereocenters. The van der Waals surface area contributed by atoms with Crippen LogP contribution in [0.15, 0.2) is 24.0 Å². The summed E-state index contributed by atoms with van der Waals surface area (Å²) in [5, 5.41) is 9.27. The molecular formula is C10H13NO3. The van der Waals surface area contributed by atoms with Crippen LogP contribution in [0.2, 0.25) is 0 Å². The normalized spacial score (nSPS) is 16.9. The number of hydrogen-bond acceptors (Lipinski definition) is 3. The smallest absolute Gasteiger partial charge is 0.253 e. The van der Waals surface area contributed by atoms with Crippen molar-refractivity contribution in [3.63, 3.8) is 0 Å². The molecule has 0 aliphatic carbocycles. The molecule has 0 saturated carbocycles. The highest BCUT2D eigenvalue weighted by Gasteiger charge is 2.22. The van der Waals surface area contributed by atoms with Gasteiger partial charge in [-0.05, 0) is 12.5 Å². The lowest BCUT2D eigenvalue weighted by Gasteiger charge is -2.12. The highest BCUT2D eigenvalue weighted by atomic mass is 16.3. The number of rotatable bonds is 4. The Balaban J connectivity index is 2.43. The van der Waals surface area contributed by atoms with Crippen LogP contribution in [-0.2, 0) is 9.59 Å². The summed E-state index contributed by atoms with van der Waals surface area (Å²) >= 11 is 0. The third-order valence-corrected chi connectivity index (χ3v) is 1.93. The van der Waals surface area contributed by atoms with E-state index in [1.54, 1.807) is 6.08 Å². The van der Waals surface area contributed by atoms with Gasteiger partial charge in [0.05, 0.1) is 5.76 Å². The molecule has 0 bridgehead atoms. The molecule has 4 heteroatoms. The molecule has 0 aromatic carbocycles. The molecule has 0 radical (unpaired) electrons. The van der Waals surface area contributed by atoms with Crippen LogP contribution in [0.5, 0.6) is 0 Å². The summed E-state index contributed by atoms with van der Waals surface area (Å²) in [7, 11) is 0. The topological polar surface area (TPSA) is 57.6 Å². The summed E-state index contributed by atoms with van der Waals surface area (Å²) in [5.41, 5.74) is 0. The van der Waals surface area contributed by atoms with E-state index in [0.717, 1.165) is 11.3 Å². The fourth-order valence-electron chi connectivity index (χ4n) is 1.22. The second-order valence-electron chi connectivity index (χ2n) is 3.02. The van der Waals surface area contributed by atoms with Gasteiger partial charge in [0.25, 0.3) is 11.8 Å². The molecule has 1 rings (SSSR count). The second kappa shape index (κ2) is 4.60. The minimum absolute atomic E-state index is 0.222. The van der Waals surface area contributed by atoms with Crippen LogP contribution in [0.1, 0.15) is 19.8 Å². The molecule has 76 valence electrons. The van der Waals surface area contributed by atoms with Gasteiger partial charge in [-0.25, -0.2) is 0 Å². The fraction of sp³-hybridized carbons (Fsp3) is 0.400. The lowest BCUT2D eigenvalue weighted by molar-refractivity contribution is -0.136. The number of aliphatic hydroxyl groups excluding tert-OH is 1. The molecule has 2 amide bonds. The first-order chi connectivity index (χ1) is 6.65. The molecule has 0 aromatic heterocycles. The number of aliphatic hydroxyl groups is 1. The van der Waals surface area contributed by atoms with Crippen LogP contribution in [0, 0.1) is 0 Å². The fourth-order valence-corrected chi connectivity index (χ4v) is 1.22. The molecule has 0 fully saturated rings. The predicted octanol–water partition coefficient (Wildman–Crippen LogP) is 1.15. The van der Waals surface area contributed by atoms with E-state index in [2.05, 4.69) is 0 Å². The van der Waals surface area contributed by atoms with E-state index >= 15 is 0 Å². The first kappa shape index (κ1) is 10.5. The first-order valence-corrected chi connectivity index (χ1v) is 4.56. The van der Waals surface area contributed by atoms with Gasteiger partial charge in [0.15, 0.2) is 0 Å². The Hall–Kier alpha value is -1.58. The van der Waals surface area contributed by atoms with E-state index in [0.29, 0.717) is 6.42 Å². The molecule has 0 spiro atoms. The van der Waals surface area contributed by atoms with E-state index in [9.17, 15) is 14.7 Å². The van der Waals surface area contributed by atoms with Crippen molar-refractivity contribution in [3.8, 4) is 0 Å². The van der Waals surface area contributed by atoms with Crippen LogP contribution in [0.25, 0.3) is 0 Å². The molecule has 0 saturated heterocycles. The van der Waals surface area contributed by atoms with Gasteiger partial charge >= 0.3 is 0 Å². The predicted molar refractivity (Wildman–Crippen MR) is 51.5 cm³/mol. The quantitative estimate of drug-likeness (QED) is 0.540. The van der Waals surface area contributed by atoms with Crippen LogP contribution < -0.4 is 0 Å². The zero-order chi connectivity index (χ0) is 10.6. The summed E-state index contributed by atoms with van der Waals surface area (Å²) in [6, 6.07) is 0. The van der Waals surface area contributed by atoms with E-state index < -0.39 is 0 Å². The van der Waals surface area contributed by atoms with Gasteiger partial charge in [0.1, 0.15) is 0 Å². The van der Waals surface area contributed by atoms with Gasteiger partial charge in [0, 0.05) is 25.1 Å². The number of amides is 2. The van der Waals surface area contributed by atoms with E-state index in [-0.39, 0.29) is 24.1 Å². The van der Waals surface area contributed by atoms with Gasteiger partial charge < -0.3 is 5.11 Å². The molecule has 0 atom stereocenters. The molecule has 1 N–H and O–H groups in total. The van der Waals surface area contributed by atoms with Gasteiger partial charge in [-0.1, -0.05) is 6.92 Å². The Morgan fingerprint density at radius 2 is 2.00 bits per heavy atom. The third kappa shape index (κ3) is 2.45. The Bertz CT molecular complexity index is 286. The van der Waals surface area contributed by atoms with Gasteiger partial charge in [-0.2, -0.15) is 0 Å². The van der Waals surface area contributed by atoms with Crippen molar-refractivity contribution < 1.29 is 14.7 Å². The molecule has 4 nitrogen and oxygen atoms in total. The molecule has 1 heterocycles. The lowest BCUT2D eigenvalue weighted by atomic mass is 10.3. The zero-order valence-corrected chi connectivity index (χ0v) is 8.06. The highest BCUT2D eigenvalue weighted by molar-refractivity contribution is 6.12. The summed E-state index contributed by atoms with van der Waals surface area (Å²) in [6.45, 7) is 2.15. The van der Waals surface area contributed by atoms with Gasteiger partial charge in [-0.3, -0.25) is 14.5 Å². The number of imide groups is 1. The molecule has 1 aliphatic heterocycles. The van der Waals surface area contributed by atoms with Crippen molar-refractivity contribution in [1.29, 1.82) is 0 Å². The van der Waals surface area contributed by atoms with Crippen molar-refractivity contribution in [2.24, 2.45) is 0 Å². The van der Waals surface area contributed by atoms with Gasteiger partial charge in [0.2, 0.25) is 0 Å². The molecule has 14 heavy (non-hydrogen) atoms. The van der Waals surface area contributed by atoms with Crippen LogP contribution in [0.4, 0.5) is 0 Å². The molecular weight excluding hydrogens is 182 g/mol. The Morgan fingerprint density at radius 1 is 1.43 bits per heavy atom. The monoisotopic (exact) mass is 195 g/mol. The van der Waals surface area contributed by atoms with Crippen molar-refractivity contribution in [3.05, 3.63) is 24.0 Å². The lowest BCUT2D eigenvalue weighted by Crippen LogP contribution is -2.31. The van der Waals surface area contributed by atoms with Crippen LogP contribution >= 0.6 is 0 Å². The minimum Gasteiger partial charge on any atom is -0.513 e. The van der Waals surface area contributed by atoms with E-state index in [4.69, 9.17) is 0 Å². The van der Waals surface area contributed by atoms with Crippen molar-refractivity contribution in [2.45, 2.75) is 19.8 Å². The van der Waals surface area contributed by atoms with Gasteiger partial charge in [-0.15, -0.1) is 0 Å². The second-order valence-corrected chi connectivity index (χ2v) is 3.02. The highest BCUT2D eigenvalue weighted by Crippen LogP contribution is 2.07. The maximum atomic E-state index is 11.1. The van der Waals surface area contributed by atoms with Crippen LogP contribution in [-0.4, -0.2) is 28.4 Å². The zero-order valence-electron chi connectivity index (χ0n) is 8.06. The number of nitrogens with zero attached hydrogens (tertiary/aromatic N) is 1. The van der Waals surface area contributed by atoms with Crippen molar-refractivity contribution in [2.75, 3.05) is 6.54 Å². The maximum absolute atomic E-state index is 11.1. The summed E-state index contributed by atoms with van der Waals surface area (Å²) in [5.74, 6) is -0.390. The number of carbonyl (C=O) groups excluding carboxylic acids is 2. The Morgan fingerprint density at radius 3 is 2.50 bits per heavy atom.